The molecule has 1 fully saturated rings. The fourth-order valence-electron chi connectivity index (χ4n) is 3.19. The molecule has 0 aliphatic carbocycles. The van der Waals surface area contributed by atoms with E-state index >= 15 is 0 Å². The first-order valence-electron chi connectivity index (χ1n) is 8.47. The van der Waals surface area contributed by atoms with E-state index in [0.717, 1.165) is 30.2 Å². The largest absolute Gasteiger partial charge is 0.367 e. The molecular weight excluding hydrogens is 321 g/mol. The lowest BCUT2D eigenvalue weighted by atomic mass is 10.2. The van der Waals surface area contributed by atoms with E-state index in [0.29, 0.717) is 25.3 Å². The number of aryl methyl sites for hydroxylation is 2. The number of amides is 1. The topological polar surface area (TPSA) is 53.4 Å². The van der Waals surface area contributed by atoms with E-state index in [9.17, 15) is 9.18 Å². The number of para-hydroxylation sites is 1. The summed E-state index contributed by atoms with van der Waals surface area (Å²) in [5.74, 6) is -0.241. The summed E-state index contributed by atoms with van der Waals surface area (Å²) in [6, 6.07) is 6.82. The number of rotatable bonds is 4. The molecule has 0 spiro atoms. The van der Waals surface area contributed by atoms with Gasteiger partial charge in [-0.05, 0) is 26.0 Å². The first kappa shape index (κ1) is 17.4. The molecule has 6 nitrogen and oxygen atoms in total. The molecule has 7 heteroatoms. The Kier molecular flexibility index (Phi) is 5.03. The van der Waals surface area contributed by atoms with E-state index in [1.165, 1.54) is 6.07 Å². The zero-order valence-electron chi connectivity index (χ0n) is 14.9. The minimum absolute atomic E-state index is 0.0430. The number of piperazine rings is 1. The van der Waals surface area contributed by atoms with Gasteiger partial charge in [-0.25, -0.2) is 4.39 Å². The van der Waals surface area contributed by atoms with Gasteiger partial charge in [-0.1, -0.05) is 12.1 Å². The summed E-state index contributed by atoms with van der Waals surface area (Å²) < 4.78 is 15.6. The summed E-state index contributed by atoms with van der Waals surface area (Å²) in [7, 11) is 1.86. The van der Waals surface area contributed by atoms with Crippen molar-refractivity contribution in [2.75, 3.05) is 42.9 Å². The maximum Gasteiger partial charge on any atom is 0.238 e. The van der Waals surface area contributed by atoms with Crippen molar-refractivity contribution in [1.29, 1.82) is 0 Å². The van der Waals surface area contributed by atoms with E-state index in [1.54, 1.807) is 16.8 Å². The first-order valence-corrected chi connectivity index (χ1v) is 8.47. The van der Waals surface area contributed by atoms with Gasteiger partial charge in [0.05, 0.1) is 29.3 Å². The Labute approximate surface area is 147 Å². The van der Waals surface area contributed by atoms with Crippen LogP contribution in [0.4, 0.5) is 15.8 Å². The van der Waals surface area contributed by atoms with Crippen LogP contribution < -0.4 is 10.2 Å². The van der Waals surface area contributed by atoms with E-state index in [-0.39, 0.29) is 11.7 Å². The molecule has 134 valence electrons. The molecule has 0 radical (unpaired) electrons. The predicted octanol–water partition coefficient (Wildman–Crippen LogP) is 1.94. The molecule has 2 aromatic rings. The highest BCUT2D eigenvalue weighted by atomic mass is 19.1. The minimum Gasteiger partial charge on any atom is -0.367 e. The molecule has 0 unspecified atom stereocenters. The number of halogens is 1. The summed E-state index contributed by atoms with van der Waals surface area (Å²) in [5, 5.41) is 7.27. The molecule has 1 aromatic carbocycles. The molecule has 1 aromatic heterocycles. The summed E-state index contributed by atoms with van der Waals surface area (Å²) in [5.41, 5.74) is 3.18. The lowest BCUT2D eigenvalue weighted by molar-refractivity contribution is -0.117. The average Bonchev–Trinajstić information content (AvgIpc) is 2.82. The second kappa shape index (κ2) is 7.23. The molecule has 25 heavy (non-hydrogen) atoms. The van der Waals surface area contributed by atoms with E-state index in [4.69, 9.17) is 0 Å². The van der Waals surface area contributed by atoms with Gasteiger partial charge < -0.3 is 10.2 Å². The lowest BCUT2D eigenvalue weighted by Crippen LogP contribution is -2.49. The third kappa shape index (κ3) is 3.82. The number of nitrogens with one attached hydrogen (secondary N) is 1. The van der Waals surface area contributed by atoms with Crippen LogP contribution in [-0.4, -0.2) is 53.3 Å². The summed E-state index contributed by atoms with van der Waals surface area (Å²) >= 11 is 0. The zero-order valence-corrected chi connectivity index (χ0v) is 14.9. The molecule has 1 aliphatic rings. The van der Waals surface area contributed by atoms with Gasteiger partial charge in [-0.2, -0.15) is 5.10 Å². The molecule has 0 atom stereocenters. The molecule has 1 amide bonds. The second-order valence-electron chi connectivity index (χ2n) is 6.43. The van der Waals surface area contributed by atoms with Crippen LogP contribution in [0.1, 0.15) is 11.4 Å². The van der Waals surface area contributed by atoms with Gasteiger partial charge in [0.2, 0.25) is 5.91 Å². The van der Waals surface area contributed by atoms with Crippen molar-refractivity contribution in [2.45, 2.75) is 13.8 Å². The summed E-state index contributed by atoms with van der Waals surface area (Å²) in [6.07, 6.45) is 0. The Hall–Kier alpha value is -2.41. The number of nitrogens with zero attached hydrogens (tertiary/aromatic N) is 4. The zero-order chi connectivity index (χ0) is 18.0. The Balaban J connectivity index is 1.54. The third-order valence-corrected chi connectivity index (χ3v) is 4.71. The number of carbonyl (C=O) groups excluding carboxylic acids is 1. The number of aromatic nitrogens is 2. The SMILES string of the molecule is Cc1nn(C)c(C)c1NC(=O)CN1CCN(c2ccccc2F)CC1. The molecule has 1 aliphatic heterocycles. The first-order chi connectivity index (χ1) is 12.0. The normalized spacial score (nSPS) is 15.4. The van der Waals surface area contributed by atoms with Crippen molar-refractivity contribution < 1.29 is 9.18 Å². The van der Waals surface area contributed by atoms with Crippen LogP contribution in [0.15, 0.2) is 24.3 Å². The Morgan fingerprint density at radius 1 is 1.20 bits per heavy atom. The molecular formula is C18H24FN5O. The van der Waals surface area contributed by atoms with Crippen LogP contribution in [0.25, 0.3) is 0 Å². The monoisotopic (exact) mass is 345 g/mol. The quantitative estimate of drug-likeness (QED) is 0.920. The van der Waals surface area contributed by atoms with Gasteiger partial charge in [0, 0.05) is 33.2 Å². The van der Waals surface area contributed by atoms with Crippen LogP contribution in [0.2, 0.25) is 0 Å². The van der Waals surface area contributed by atoms with Gasteiger partial charge in [0.1, 0.15) is 5.82 Å². The maximum absolute atomic E-state index is 13.9. The van der Waals surface area contributed by atoms with Gasteiger partial charge in [-0.3, -0.25) is 14.4 Å². The Morgan fingerprint density at radius 2 is 1.88 bits per heavy atom. The van der Waals surface area contributed by atoms with Crippen molar-refractivity contribution in [3.63, 3.8) is 0 Å². The highest BCUT2D eigenvalue weighted by molar-refractivity contribution is 5.93. The average molecular weight is 345 g/mol. The number of benzene rings is 1. The predicted molar refractivity (Wildman–Crippen MR) is 96.4 cm³/mol. The fourth-order valence-corrected chi connectivity index (χ4v) is 3.19. The van der Waals surface area contributed by atoms with Crippen molar-refractivity contribution in [3.05, 3.63) is 41.5 Å². The number of anilines is 2. The minimum atomic E-state index is -0.198. The van der Waals surface area contributed by atoms with Crippen molar-refractivity contribution >= 4 is 17.3 Å². The van der Waals surface area contributed by atoms with E-state index in [1.807, 2.05) is 31.9 Å². The van der Waals surface area contributed by atoms with Crippen molar-refractivity contribution in [1.82, 2.24) is 14.7 Å². The molecule has 2 heterocycles. The smallest absolute Gasteiger partial charge is 0.238 e. The van der Waals surface area contributed by atoms with Gasteiger partial charge in [0.25, 0.3) is 0 Å². The van der Waals surface area contributed by atoms with Crippen LogP contribution in [0.3, 0.4) is 0 Å². The third-order valence-electron chi connectivity index (χ3n) is 4.71. The van der Waals surface area contributed by atoms with Gasteiger partial charge in [-0.15, -0.1) is 0 Å². The lowest BCUT2D eigenvalue weighted by Gasteiger charge is -2.35. The van der Waals surface area contributed by atoms with Gasteiger partial charge in [0.15, 0.2) is 0 Å². The molecule has 1 N–H and O–H groups in total. The molecule has 3 rings (SSSR count). The van der Waals surface area contributed by atoms with Crippen molar-refractivity contribution in [2.24, 2.45) is 7.05 Å². The molecule has 0 bridgehead atoms. The van der Waals surface area contributed by atoms with Crippen LogP contribution in [0, 0.1) is 19.7 Å². The number of hydrogen-bond acceptors (Lipinski definition) is 4. The molecule has 1 saturated heterocycles. The van der Waals surface area contributed by atoms with Crippen LogP contribution >= 0.6 is 0 Å². The van der Waals surface area contributed by atoms with Crippen LogP contribution in [0.5, 0.6) is 0 Å². The van der Waals surface area contributed by atoms with Crippen LogP contribution in [-0.2, 0) is 11.8 Å². The second-order valence-corrected chi connectivity index (χ2v) is 6.43. The fraction of sp³-hybridized carbons (Fsp3) is 0.444. The van der Waals surface area contributed by atoms with E-state index < -0.39 is 0 Å². The maximum atomic E-state index is 13.9. The van der Waals surface area contributed by atoms with Crippen molar-refractivity contribution in [3.8, 4) is 0 Å². The Morgan fingerprint density at radius 3 is 2.48 bits per heavy atom. The highest BCUT2D eigenvalue weighted by Crippen LogP contribution is 2.21. The summed E-state index contributed by atoms with van der Waals surface area (Å²) in [4.78, 5) is 16.5. The standard InChI is InChI=1S/C18H24FN5O/c1-13-18(14(2)22(3)21-13)20-17(25)12-23-8-10-24(11-9-23)16-7-5-4-6-15(16)19/h4-7H,8-12H2,1-3H3,(H,20,25). The number of hydrogen-bond donors (Lipinski definition) is 1. The highest BCUT2D eigenvalue weighted by Gasteiger charge is 2.21. The number of carbonyl (C=O) groups is 1. The Bertz CT molecular complexity index is 765. The van der Waals surface area contributed by atoms with E-state index in [2.05, 4.69) is 15.3 Å². The molecule has 0 saturated carbocycles. The summed E-state index contributed by atoms with van der Waals surface area (Å²) in [6.45, 7) is 7.02. The van der Waals surface area contributed by atoms with Gasteiger partial charge >= 0.3 is 0 Å².